The molecule has 10 heteroatoms. The first-order chi connectivity index (χ1) is 16.2. The zero-order valence-corrected chi connectivity index (χ0v) is 18.2. The Morgan fingerprint density at radius 3 is 2.64 bits per heavy atom. The number of carbonyl (C=O) groups is 1. The number of aromatic nitrogens is 4. The van der Waals surface area contributed by atoms with E-state index in [1.165, 1.54) is 12.3 Å². The van der Waals surface area contributed by atoms with E-state index >= 15 is 0 Å². The van der Waals surface area contributed by atoms with E-state index in [0.29, 0.717) is 19.2 Å². The topological polar surface area (TPSA) is 123 Å². The number of aromatic carboxylic acids is 1. The van der Waals surface area contributed by atoms with Gasteiger partial charge in [-0.3, -0.25) is 4.98 Å². The second-order valence-electron chi connectivity index (χ2n) is 8.27. The van der Waals surface area contributed by atoms with Crippen molar-refractivity contribution in [1.29, 1.82) is 0 Å². The van der Waals surface area contributed by atoms with Gasteiger partial charge < -0.3 is 24.8 Å². The smallest absolute Gasteiger partial charge is 0.354 e. The lowest BCUT2D eigenvalue weighted by molar-refractivity contribution is 0.0690. The van der Waals surface area contributed by atoms with E-state index in [-0.39, 0.29) is 17.8 Å². The van der Waals surface area contributed by atoms with Gasteiger partial charge in [0.2, 0.25) is 5.95 Å². The van der Waals surface area contributed by atoms with E-state index in [0.717, 1.165) is 61.2 Å². The Bertz CT molecular complexity index is 1130. The minimum Gasteiger partial charge on any atom is -0.488 e. The molecule has 33 heavy (non-hydrogen) atoms. The summed E-state index contributed by atoms with van der Waals surface area (Å²) in [6, 6.07) is 5.69. The van der Waals surface area contributed by atoms with Crippen molar-refractivity contribution in [1.82, 2.24) is 19.9 Å². The quantitative estimate of drug-likeness (QED) is 0.579. The number of carboxylic acid groups (broad SMARTS) is 1. The fourth-order valence-corrected chi connectivity index (χ4v) is 4.36. The highest BCUT2D eigenvalue weighted by atomic mass is 16.5. The zero-order chi connectivity index (χ0) is 22.6. The van der Waals surface area contributed by atoms with Gasteiger partial charge in [-0.2, -0.15) is 0 Å². The first-order valence-electron chi connectivity index (χ1n) is 11.2. The van der Waals surface area contributed by atoms with Crippen molar-refractivity contribution in [2.75, 3.05) is 36.5 Å². The van der Waals surface area contributed by atoms with Crippen molar-refractivity contribution in [3.63, 3.8) is 0 Å². The number of fused-ring (bicyclic) bond motifs is 1. The number of anilines is 2. The molecule has 5 rings (SSSR count). The highest BCUT2D eigenvalue weighted by molar-refractivity contribution is 5.86. The summed E-state index contributed by atoms with van der Waals surface area (Å²) in [5, 5.41) is 12.4. The number of hydrogen-bond acceptors (Lipinski definition) is 9. The number of hydrogen-bond donors (Lipinski definition) is 2. The minimum absolute atomic E-state index is 0.0161. The Kier molecular flexibility index (Phi) is 6.16. The Balaban J connectivity index is 1.26. The van der Waals surface area contributed by atoms with Crippen LogP contribution in [0.4, 0.5) is 11.6 Å². The van der Waals surface area contributed by atoms with Crippen molar-refractivity contribution in [2.24, 2.45) is 0 Å². The van der Waals surface area contributed by atoms with E-state index < -0.39 is 5.97 Å². The molecular formula is C23H26N6O4. The number of morpholine rings is 1. The van der Waals surface area contributed by atoms with Gasteiger partial charge in [-0.1, -0.05) is 0 Å². The SMILES string of the molecule is O=C(O)c1ccnc(NC2CCC(Oc3cc(N4CCOCC4)cc4nccnc34)CC2)n1. The molecule has 0 amide bonds. The summed E-state index contributed by atoms with van der Waals surface area (Å²) in [5.41, 5.74) is 2.65. The van der Waals surface area contributed by atoms with Crippen LogP contribution < -0.4 is 15.0 Å². The molecule has 1 saturated carbocycles. The molecule has 1 saturated heterocycles. The molecule has 10 nitrogen and oxygen atoms in total. The summed E-state index contributed by atoms with van der Waals surface area (Å²) in [7, 11) is 0. The van der Waals surface area contributed by atoms with E-state index in [4.69, 9.17) is 14.6 Å². The van der Waals surface area contributed by atoms with Crippen LogP contribution in [-0.4, -0.2) is 69.5 Å². The van der Waals surface area contributed by atoms with Crippen LogP contribution in [0.2, 0.25) is 0 Å². The Hall–Kier alpha value is -3.53. The predicted molar refractivity (Wildman–Crippen MR) is 122 cm³/mol. The van der Waals surface area contributed by atoms with E-state index in [1.807, 2.05) is 0 Å². The van der Waals surface area contributed by atoms with Crippen molar-refractivity contribution in [3.05, 3.63) is 42.5 Å². The molecule has 172 valence electrons. The van der Waals surface area contributed by atoms with Crippen LogP contribution in [0, 0.1) is 0 Å². The molecule has 1 aliphatic carbocycles. The second kappa shape index (κ2) is 9.53. The number of ether oxygens (including phenoxy) is 2. The van der Waals surface area contributed by atoms with Gasteiger partial charge in [-0.25, -0.2) is 19.7 Å². The Labute approximate surface area is 191 Å². The first kappa shape index (κ1) is 21.3. The van der Waals surface area contributed by atoms with Gasteiger partial charge in [0.15, 0.2) is 5.69 Å². The molecule has 0 unspecified atom stereocenters. The van der Waals surface area contributed by atoms with Gasteiger partial charge in [0.1, 0.15) is 11.3 Å². The summed E-state index contributed by atoms with van der Waals surface area (Å²) in [5.74, 6) is 0.0435. The zero-order valence-electron chi connectivity index (χ0n) is 18.2. The molecule has 0 spiro atoms. The van der Waals surface area contributed by atoms with Crippen molar-refractivity contribution in [2.45, 2.75) is 37.8 Å². The summed E-state index contributed by atoms with van der Waals surface area (Å²) in [6.07, 6.45) is 8.39. The molecule has 1 aromatic carbocycles. The van der Waals surface area contributed by atoms with Crippen molar-refractivity contribution >= 4 is 28.6 Å². The molecule has 3 heterocycles. The van der Waals surface area contributed by atoms with Crippen LogP contribution in [0.25, 0.3) is 11.0 Å². The third-order valence-corrected chi connectivity index (χ3v) is 6.08. The van der Waals surface area contributed by atoms with Gasteiger partial charge in [0.05, 0.1) is 24.8 Å². The Morgan fingerprint density at radius 2 is 1.85 bits per heavy atom. The number of benzene rings is 1. The standard InChI is InChI=1S/C23H26N6O4/c30-22(31)18-5-6-26-23(28-18)27-15-1-3-17(4-2-15)33-20-14-16(29-9-11-32-12-10-29)13-19-21(20)25-8-7-24-19/h5-8,13-15,17H,1-4,9-12H2,(H,30,31)(H,26,27,28). The van der Waals surface area contributed by atoms with Crippen molar-refractivity contribution in [3.8, 4) is 5.75 Å². The molecule has 2 N–H and O–H groups in total. The van der Waals surface area contributed by atoms with Gasteiger partial charge in [-0.15, -0.1) is 0 Å². The Morgan fingerprint density at radius 1 is 1.06 bits per heavy atom. The molecule has 0 bridgehead atoms. The van der Waals surface area contributed by atoms with Gasteiger partial charge >= 0.3 is 5.97 Å². The molecule has 2 aliphatic rings. The molecule has 1 aliphatic heterocycles. The largest absolute Gasteiger partial charge is 0.488 e. The lowest BCUT2D eigenvalue weighted by Gasteiger charge is -2.31. The van der Waals surface area contributed by atoms with Crippen LogP contribution in [-0.2, 0) is 4.74 Å². The average molecular weight is 450 g/mol. The lowest BCUT2D eigenvalue weighted by Crippen LogP contribution is -2.36. The average Bonchev–Trinajstić information content (AvgIpc) is 2.86. The van der Waals surface area contributed by atoms with E-state index in [2.05, 4.69) is 42.3 Å². The third kappa shape index (κ3) is 4.95. The van der Waals surface area contributed by atoms with Crippen LogP contribution in [0.1, 0.15) is 36.2 Å². The highest BCUT2D eigenvalue weighted by Crippen LogP contribution is 2.33. The molecule has 3 aromatic rings. The molecule has 0 radical (unpaired) electrons. The van der Waals surface area contributed by atoms with Crippen LogP contribution in [0.15, 0.2) is 36.8 Å². The maximum atomic E-state index is 11.1. The highest BCUT2D eigenvalue weighted by Gasteiger charge is 2.25. The fraction of sp³-hybridized carbons (Fsp3) is 0.435. The van der Waals surface area contributed by atoms with Crippen LogP contribution in [0.5, 0.6) is 5.75 Å². The number of nitrogens with one attached hydrogen (secondary N) is 1. The second-order valence-corrected chi connectivity index (χ2v) is 8.27. The summed E-state index contributed by atoms with van der Waals surface area (Å²) < 4.78 is 11.9. The monoisotopic (exact) mass is 450 g/mol. The van der Waals surface area contributed by atoms with Crippen LogP contribution in [0.3, 0.4) is 0 Å². The van der Waals surface area contributed by atoms with E-state index in [1.54, 1.807) is 12.4 Å². The van der Waals surface area contributed by atoms with Gasteiger partial charge in [0.25, 0.3) is 0 Å². The normalized spacial score (nSPS) is 21.0. The first-order valence-corrected chi connectivity index (χ1v) is 11.2. The predicted octanol–water partition coefficient (Wildman–Crippen LogP) is 2.76. The van der Waals surface area contributed by atoms with Crippen LogP contribution >= 0.6 is 0 Å². The molecule has 0 atom stereocenters. The summed E-state index contributed by atoms with van der Waals surface area (Å²) in [6.45, 7) is 3.11. The third-order valence-electron chi connectivity index (χ3n) is 6.08. The maximum Gasteiger partial charge on any atom is 0.354 e. The van der Waals surface area contributed by atoms with E-state index in [9.17, 15) is 4.79 Å². The lowest BCUT2D eigenvalue weighted by atomic mass is 9.93. The fourth-order valence-electron chi connectivity index (χ4n) is 4.36. The van der Waals surface area contributed by atoms with Crippen molar-refractivity contribution < 1.29 is 19.4 Å². The number of nitrogens with zero attached hydrogens (tertiary/aromatic N) is 5. The molecule has 2 fully saturated rings. The number of carboxylic acids is 1. The maximum absolute atomic E-state index is 11.1. The number of rotatable bonds is 6. The van der Waals surface area contributed by atoms with Gasteiger partial charge in [-0.05, 0) is 37.8 Å². The molecular weight excluding hydrogens is 424 g/mol. The molecule has 2 aromatic heterocycles. The summed E-state index contributed by atoms with van der Waals surface area (Å²) >= 11 is 0. The van der Waals surface area contributed by atoms with Gasteiger partial charge in [0, 0.05) is 49.5 Å². The minimum atomic E-state index is -1.06. The summed E-state index contributed by atoms with van der Waals surface area (Å²) in [4.78, 5) is 30.6.